The first kappa shape index (κ1) is 28.8. The molecule has 0 spiro atoms. The molecule has 5 aromatic rings. The Hall–Kier alpha value is -5.26. The first-order valence-electron chi connectivity index (χ1n) is 13.8. The van der Waals surface area contributed by atoms with Crippen LogP contribution < -0.4 is 9.64 Å². The lowest BCUT2D eigenvalue weighted by atomic mass is 9.90. The van der Waals surface area contributed by atoms with Crippen molar-refractivity contribution in [3.05, 3.63) is 108 Å². The highest BCUT2D eigenvalue weighted by atomic mass is 19.4. The molecule has 0 unspecified atom stereocenters. The van der Waals surface area contributed by atoms with E-state index in [1.165, 1.54) is 4.90 Å². The summed E-state index contributed by atoms with van der Waals surface area (Å²) in [4.78, 5) is 25.4. The van der Waals surface area contributed by atoms with Crippen LogP contribution in [0.2, 0.25) is 0 Å². The third kappa shape index (κ3) is 6.54. The van der Waals surface area contributed by atoms with Crippen molar-refractivity contribution in [3.63, 3.8) is 0 Å². The molecule has 6 rings (SSSR count). The van der Waals surface area contributed by atoms with Crippen LogP contribution >= 0.6 is 0 Å². The van der Waals surface area contributed by atoms with E-state index >= 15 is 0 Å². The predicted molar refractivity (Wildman–Crippen MR) is 154 cm³/mol. The van der Waals surface area contributed by atoms with Crippen LogP contribution in [0.25, 0.3) is 22.5 Å². The van der Waals surface area contributed by atoms with Crippen LogP contribution in [0.5, 0.6) is 5.75 Å². The number of carbonyl (C=O) groups is 1. The Morgan fingerprint density at radius 3 is 2.32 bits per heavy atom. The summed E-state index contributed by atoms with van der Waals surface area (Å²) in [6.45, 7) is 0.293. The highest BCUT2D eigenvalue weighted by Crippen LogP contribution is 2.33. The van der Waals surface area contributed by atoms with E-state index in [1.54, 1.807) is 12.1 Å². The zero-order valence-electron chi connectivity index (χ0n) is 23.2. The van der Waals surface area contributed by atoms with E-state index in [9.17, 15) is 23.1 Å². The number of carboxylic acid groups (broad SMARTS) is 1. The normalized spacial score (nSPS) is 16.7. The van der Waals surface area contributed by atoms with Crippen molar-refractivity contribution in [2.45, 2.75) is 19.2 Å². The number of benzene rings is 3. The van der Waals surface area contributed by atoms with E-state index < -0.39 is 23.8 Å². The minimum atomic E-state index is -4.62. The third-order valence-corrected chi connectivity index (χ3v) is 7.48. The van der Waals surface area contributed by atoms with E-state index in [1.807, 2.05) is 66.7 Å². The molecule has 1 aliphatic rings. The molecular weight excluding hydrogens is 575 g/mol. The molecule has 1 aliphatic heterocycles. The molecule has 1 saturated heterocycles. The maximum Gasteiger partial charge on any atom is 0.433 e. The van der Waals surface area contributed by atoms with Crippen LogP contribution in [-0.4, -0.2) is 44.3 Å². The van der Waals surface area contributed by atoms with Gasteiger partial charge in [-0.2, -0.15) is 18.2 Å². The van der Waals surface area contributed by atoms with Crippen LogP contribution in [-0.2, 0) is 24.0 Å². The van der Waals surface area contributed by atoms with Crippen molar-refractivity contribution in [2.75, 3.05) is 18.0 Å². The van der Waals surface area contributed by atoms with Crippen molar-refractivity contribution in [2.24, 2.45) is 11.8 Å². The fourth-order valence-corrected chi connectivity index (χ4v) is 5.22. The summed E-state index contributed by atoms with van der Waals surface area (Å²) < 4.78 is 50.5. The van der Waals surface area contributed by atoms with Crippen molar-refractivity contribution < 1.29 is 32.3 Å². The van der Waals surface area contributed by atoms with Gasteiger partial charge in [-0.1, -0.05) is 71.9 Å². The van der Waals surface area contributed by atoms with Crippen LogP contribution in [0.3, 0.4) is 0 Å². The lowest BCUT2D eigenvalue weighted by Crippen LogP contribution is -2.25. The molecule has 224 valence electrons. The number of aliphatic carboxylic acids is 1. The molecule has 2 atom stereocenters. The quantitative estimate of drug-likeness (QED) is 0.212. The Labute approximate surface area is 250 Å². The van der Waals surface area contributed by atoms with Gasteiger partial charge in [0.2, 0.25) is 11.8 Å². The highest BCUT2D eigenvalue weighted by molar-refractivity contribution is 5.72. The van der Waals surface area contributed by atoms with E-state index in [4.69, 9.17) is 9.26 Å². The number of rotatable bonds is 9. The second kappa shape index (κ2) is 12.2. The van der Waals surface area contributed by atoms with Gasteiger partial charge in [0.1, 0.15) is 11.4 Å². The van der Waals surface area contributed by atoms with E-state index in [2.05, 4.69) is 20.1 Å². The van der Waals surface area contributed by atoms with Crippen molar-refractivity contribution in [1.29, 1.82) is 0 Å². The molecule has 1 N–H and O–H groups in total. The Balaban J connectivity index is 1.05. The molecule has 0 amide bonds. The van der Waals surface area contributed by atoms with Gasteiger partial charge in [-0.25, -0.2) is 9.97 Å². The first-order chi connectivity index (χ1) is 21.2. The lowest BCUT2D eigenvalue weighted by molar-refractivity contribution is -0.142. The van der Waals surface area contributed by atoms with Gasteiger partial charge in [-0.15, -0.1) is 0 Å². The Kier molecular flexibility index (Phi) is 7.97. The number of halogens is 3. The fourth-order valence-electron chi connectivity index (χ4n) is 5.22. The number of anilines is 1. The summed E-state index contributed by atoms with van der Waals surface area (Å²) in [5.41, 5.74) is 2.80. The second-order valence-electron chi connectivity index (χ2n) is 10.4. The number of carboxylic acids is 1. The SMILES string of the molecule is O=C(O)[C@H]1CN(c2nccc(C(F)(F)F)n2)C[C@H]1Cc1ccc(OCc2nc(-c3ccc(-c4ccccc4)cc3)no2)cc1. The van der Waals surface area contributed by atoms with Gasteiger partial charge in [0, 0.05) is 24.8 Å². The summed E-state index contributed by atoms with van der Waals surface area (Å²) in [5.74, 6) is -0.973. The fraction of sp³-hybridized carbons (Fsp3) is 0.219. The number of ether oxygens (including phenoxy) is 1. The van der Waals surface area contributed by atoms with Crippen LogP contribution in [0.4, 0.5) is 19.1 Å². The summed E-state index contributed by atoms with van der Waals surface area (Å²) in [5, 5.41) is 13.8. The maximum atomic E-state index is 13.1. The van der Waals surface area contributed by atoms with Gasteiger partial charge in [0.15, 0.2) is 6.61 Å². The maximum absolute atomic E-state index is 13.1. The van der Waals surface area contributed by atoms with Gasteiger partial charge in [0.05, 0.1) is 5.92 Å². The van der Waals surface area contributed by atoms with Crippen LogP contribution in [0, 0.1) is 11.8 Å². The van der Waals surface area contributed by atoms with Gasteiger partial charge in [0.25, 0.3) is 5.89 Å². The zero-order valence-corrected chi connectivity index (χ0v) is 23.2. The Bertz CT molecular complexity index is 1730. The number of nitrogens with zero attached hydrogens (tertiary/aromatic N) is 5. The largest absolute Gasteiger partial charge is 0.484 e. The van der Waals surface area contributed by atoms with Crippen molar-refractivity contribution >= 4 is 11.9 Å². The molecule has 9 nitrogen and oxygen atoms in total. The molecule has 2 aromatic heterocycles. The van der Waals surface area contributed by atoms with Gasteiger partial charge >= 0.3 is 12.1 Å². The number of hydrogen-bond donors (Lipinski definition) is 1. The summed E-state index contributed by atoms with van der Waals surface area (Å²) in [6, 6.07) is 25.9. The summed E-state index contributed by atoms with van der Waals surface area (Å²) in [7, 11) is 0. The average Bonchev–Trinajstić information content (AvgIpc) is 3.69. The van der Waals surface area contributed by atoms with Crippen molar-refractivity contribution in [3.8, 4) is 28.3 Å². The number of hydrogen-bond acceptors (Lipinski definition) is 8. The Morgan fingerprint density at radius 1 is 0.909 bits per heavy atom. The monoisotopic (exact) mass is 601 g/mol. The zero-order chi connectivity index (χ0) is 30.7. The number of aromatic nitrogens is 4. The van der Waals surface area contributed by atoms with Crippen LogP contribution in [0.15, 0.2) is 95.6 Å². The molecule has 3 heterocycles. The van der Waals surface area contributed by atoms with Crippen molar-refractivity contribution in [1.82, 2.24) is 20.1 Å². The lowest BCUT2D eigenvalue weighted by Gasteiger charge is -2.17. The standard InChI is InChI=1S/C32H26F3N5O4/c33-32(34,35)27-14-15-36-31(37-27)40-17-24(26(18-40)30(41)42)16-20-6-12-25(13-7-20)43-19-28-38-29(39-44-28)23-10-8-22(9-11-23)21-4-2-1-3-5-21/h1-15,24,26H,16-19H2,(H,41,42)/t24-,26+/m1/s1. The molecule has 44 heavy (non-hydrogen) atoms. The van der Waals surface area contributed by atoms with E-state index in [0.29, 0.717) is 23.9 Å². The smallest absolute Gasteiger partial charge is 0.433 e. The number of alkyl halides is 3. The first-order valence-corrected chi connectivity index (χ1v) is 13.8. The average molecular weight is 602 g/mol. The topological polar surface area (TPSA) is 114 Å². The molecule has 0 radical (unpaired) electrons. The van der Waals surface area contributed by atoms with Gasteiger partial charge < -0.3 is 19.3 Å². The van der Waals surface area contributed by atoms with Gasteiger partial charge in [-0.05, 0) is 47.2 Å². The summed E-state index contributed by atoms with van der Waals surface area (Å²) in [6.07, 6.45) is -3.18. The molecular formula is C32H26F3N5O4. The van der Waals surface area contributed by atoms with E-state index in [-0.39, 0.29) is 31.6 Å². The molecule has 12 heteroatoms. The molecule has 0 saturated carbocycles. The minimum absolute atomic E-state index is 0.0197. The third-order valence-electron chi connectivity index (χ3n) is 7.48. The minimum Gasteiger partial charge on any atom is -0.484 e. The van der Waals surface area contributed by atoms with E-state index in [0.717, 1.165) is 34.5 Å². The molecule has 3 aromatic carbocycles. The molecule has 0 aliphatic carbocycles. The predicted octanol–water partition coefficient (Wildman–Crippen LogP) is 6.17. The highest BCUT2D eigenvalue weighted by Gasteiger charge is 2.40. The second-order valence-corrected chi connectivity index (χ2v) is 10.4. The summed E-state index contributed by atoms with van der Waals surface area (Å²) >= 11 is 0. The molecule has 0 bridgehead atoms. The van der Waals surface area contributed by atoms with Crippen LogP contribution in [0.1, 0.15) is 17.1 Å². The molecule has 1 fully saturated rings. The van der Waals surface area contributed by atoms with Gasteiger partial charge in [-0.3, -0.25) is 4.79 Å². The Morgan fingerprint density at radius 2 is 1.61 bits per heavy atom.